The number of aromatic nitrogens is 3. The Morgan fingerprint density at radius 2 is 2.29 bits per heavy atom. The first kappa shape index (κ1) is 15.3. The number of carbonyl (C=O) groups excluding carboxylic acids is 1. The van der Waals surface area contributed by atoms with Gasteiger partial charge in [0, 0.05) is 27.2 Å². The van der Waals surface area contributed by atoms with Gasteiger partial charge in [-0.2, -0.15) is 0 Å². The van der Waals surface area contributed by atoms with Crippen LogP contribution in [-0.2, 0) is 17.9 Å². The summed E-state index contributed by atoms with van der Waals surface area (Å²) < 4.78 is 13.6. The average molecular weight is 331 g/mol. The standard InChI is InChI=1S/C16H21N5O3/c1-19(2)16(22)15-4-3-12(24-15)8-20-6-5-14-13(9-20)21-11(10-23-14)7-17-18-21/h3-4,7,13-14H,5-6,8-10H2,1-2H3/t13-,14-/m1/s1. The fourth-order valence-corrected chi connectivity index (χ4v) is 3.41. The van der Waals surface area contributed by atoms with Crippen molar-refractivity contribution in [3.8, 4) is 0 Å². The highest BCUT2D eigenvalue weighted by atomic mass is 16.5. The Morgan fingerprint density at radius 1 is 1.42 bits per heavy atom. The average Bonchev–Trinajstić information content (AvgIpc) is 3.23. The number of piperidine rings is 1. The number of hydrogen-bond donors (Lipinski definition) is 0. The zero-order chi connectivity index (χ0) is 16.7. The van der Waals surface area contributed by atoms with Crippen LogP contribution in [-0.4, -0.2) is 64.0 Å². The normalized spacial score (nSPS) is 23.6. The zero-order valence-corrected chi connectivity index (χ0v) is 13.9. The predicted molar refractivity (Wildman–Crippen MR) is 84.3 cm³/mol. The second-order valence-corrected chi connectivity index (χ2v) is 6.58. The van der Waals surface area contributed by atoms with E-state index in [1.54, 1.807) is 26.4 Å². The van der Waals surface area contributed by atoms with E-state index in [4.69, 9.17) is 9.15 Å². The van der Waals surface area contributed by atoms with Crippen molar-refractivity contribution in [1.29, 1.82) is 0 Å². The molecule has 8 heteroatoms. The van der Waals surface area contributed by atoms with E-state index in [1.165, 1.54) is 4.90 Å². The van der Waals surface area contributed by atoms with E-state index in [9.17, 15) is 4.79 Å². The molecule has 24 heavy (non-hydrogen) atoms. The Labute approximate surface area is 140 Å². The number of carbonyl (C=O) groups is 1. The van der Waals surface area contributed by atoms with Crippen LogP contribution in [0.4, 0.5) is 0 Å². The summed E-state index contributed by atoms with van der Waals surface area (Å²) in [6, 6.07) is 3.80. The maximum Gasteiger partial charge on any atom is 0.289 e. The van der Waals surface area contributed by atoms with Gasteiger partial charge in [-0.25, -0.2) is 4.68 Å². The molecule has 2 atom stereocenters. The first-order valence-corrected chi connectivity index (χ1v) is 8.15. The van der Waals surface area contributed by atoms with E-state index in [2.05, 4.69) is 15.2 Å². The van der Waals surface area contributed by atoms with E-state index in [0.717, 1.165) is 31.0 Å². The molecule has 0 aromatic carbocycles. The molecule has 0 aliphatic carbocycles. The Bertz CT molecular complexity index is 738. The molecule has 1 saturated heterocycles. The highest BCUT2D eigenvalue weighted by Gasteiger charge is 2.36. The summed E-state index contributed by atoms with van der Waals surface area (Å²) in [4.78, 5) is 15.8. The molecule has 4 heterocycles. The van der Waals surface area contributed by atoms with Crippen LogP contribution in [0.5, 0.6) is 0 Å². The number of nitrogens with zero attached hydrogens (tertiary/aromatic N) is 5. The molecule has 2 aromatic heterocycles. The molecule has 0 bridgehead atoms. The van der Waals surface area contributed by atoms with Gasteiger partial charge in [0.15, 0.2) is 5.76 Å². The maximum atomic E-state index is 11.9. The number of rotatable bonds is 3. The van der Waals surface area contributed by atoms with Crippen LogP contribution in [0.25, 0.3) is 0 Å². The third-order valence-corrected chi connectivity index (χ3v) is 4.67. The minimum atomic E-state index is -0.118. The summed E-state index contributed by atoms with van der Waals surface area (Å²) in [6.45, 7) is 3.03. The molecule has 1 fully saturated rings. The molecule has 8 nitrogen and oxygen atoms in total. The molecule has 2 aliphatic rings. The molecular weight excluding hydrogens is 310 g/mol. The lowest BCUT2D eigenvalue weighted by atomic mass is 10.0. The first-order chi connectivity index (χ1) is 11.6. The molecule has 0 radical (unpaired) electrons. The van der Waals surface area contributed by atoms with Gasteiger partial charge in [-0.1, -0.05) is 5.21 Å². The summed E-state index contributed by atoms with van der Waals surface area (Å²) in [5.41, 5.74) is 1.02. The van der Waals surface area contributed by atoms with E-state index in [1.807, 2.05) is 10.7 Å². The van der Waals surface area contributed by atoms with Crippen LogP contribution < -0.4 is 0 Å². The van der Waals surface area contributed by atoms with Gasteiger partial charge in [-0.3, -0.25) is 9.69 Å². The minimum Gasteiger partial charge on any atom is -0.455 e. The van der Waals surface area contributed by atoms with Gasteiger partial charge in [0.05, 0.1) is 37.2 Å². The van der Waals surface area contributed by atoms with Crippen molar-refractivity contribution in [3.05, 3.63) is 35.5 Å². The van der Waals surface area contributed by atoms with Crippen molar-refractivity contribution < 1.29 is 13.9 Å². The molecule has 2 aromatic rings. The van der Waals surface area contributed by atoms with Gasteiger partial charge in [0.1, 0.15) is 5.76 Å². The second kappa shape index (κ2) is 6.03. The molecule has 1 amide bonds. The Hall–Kier alpha value is -2.19. The van der Waals surface area contributed by atoms with Gasteiger partial charge in [0.25, 0.3) is 5.91 Å². The Morgan fingerprint density at radius 3 is 3.12 bits per heavy atom. The number of hydrogen-bond acceptors (Lipinski definition) is 6. The molecule has 0 spiro atoms. The largest absolute Gasteiger partial charge is 0.455 e. The fourth-order valence-electron chi connectivity index (χ4n) is 3.41. The van der Waals surface area contributed by atoms with Crippen molar-refractivity contribution in [2.45, 2.75) is 31.7 Å². The Kier molecular flexibility index (Phi) is 3.85. The van der Waals surface area contributed by atoms with Crippen LogP contribution in [0.2, 0.25) is 0 Å². The molecule has 128 valence electrons. The summed E-state index contributed by atoms with van der Waals surface area (Å²) in [5.74, 6) is 1.06. The van der Waals surface area contributed by atoms with Crippen molar-refractivity contribution in [2.24, 2.45) is 0 Å². The number of fused-ring (bicyclic) bond motifs is 3. The van der Waals surface area contributed by atoms with Crippen molar-refractivity contribution in [3.63, 3.8) is 0 Å². The molecule has 2 aliphatic heterocycles. The lowest BCUT2D eigenvalue weighted by molar-refractivity contribution is -0.0677. The third kappa shape index (κ3) is 2.71. The van der Waals surface area contributed by atoms with E-state index in [-0.39, 0.29) is 18.1 Å². The Balaban J connectivity index is 1.45. The topological polar surface area (TPSA) is 76.6 Å². The van der Waals surface area contributed by atoms with E-state index in [0.29, 0.717) is 18.9 Å². The van der Waals surface area contributed by atoms with Crippen LogP contribution in [0.3, 0.4) is 0 Å². The summed E-state index contributed by atoms with van der Waals surface area (Å²) in [7, 11) is 3.43. The number of amides is 1. The lowest BCUT2D eigenvalue weighted by Crippen LogP contribution is -2.47. The van der Waals surface area contributed by atoms with Gasteiger partial charge in [0.2, 0.25) is 0 Å². The van der Waals surface area contributed by atoms with Crippen LogP contribution in [0, 0.1) is 0 Å². The molecule has 4 rings (SSSR count). The molecular formula is C16H21N5O3. The quantitative estimate of drug-likeness (QED) is 0.832. The van der Waals surface area contributed by atoms with Crippen LogP contribution >= 0.6 is 0 Å². The molecule has 0 N–H and O–H groups in total. The molecule has 0 unspecified atom stereocenters. The van der Waals surface area contributed by atoms with Crippen molar-refractivity contribution >= 4 is 5.91 Å². The lowest BCUT2D eigenvalue weighted by Gasteiger charge is -2.40. The maximum absolute atomic E-state index is 11.9. The first-order valence-electron chi connectivity index (χ1n) is 8.15. The summed E-state index contributed by atoms with van der Waals surface area (Å²) in [5, 5.41) is 8.21. The van der Waals surface area contributed by atoms with Gasteiger partial charge in [-0.15, -0.1) is 5.10 Å². The van der Waals surface area contributed by atoms with Gasteiger partial charge in [-0.05, 0) is 18.6 Å². The highest BCUT2D eigenvalue weighted by Crippen LogP contribution is 2.30. The number of ether oxygens (including phenoxy) is 1. The minimum absolute atomic E-state index is 0.118. The fraction of sp³-hybridized carbons (Fsp3) is 0.562. The molecule has 0 saturated carbocycles. The van der Waals surface area contributed by atoms with Gasteiger partial charge < -0.3 is 14.1 Å². The second-order valence-electron chi connectivity index (χ2n) is 6.58. The number of furan rings is 1. The highest BCUT2D eigenvalue weighted by molar-refractivity contribution is 5.91. The van der Waals surface area contributed by atoms with Crippen LogP contribution in [0.15, 0.2) is 22.7 Å². The van der Waals surface area contributed by atoms with Crippen molar-refractivity contribution in [2.75, 3.05) is 27.2 Å². The predicted octanol–water partition coefficient (Wildman–Crippen LogP) is 0.919. The zero-order valence-electron chi connectivity index (χ0n) is 13.9. The van der Waals surface area contributed by atoms with Crippen LogP contribution in [0.1, 0.15) is 34.5 Å². The number of likely N-dealkylation sites (tertiary alicyclic amines) is 1. The van der Waals surface area contributed by atoms with E-state index < -0.39 is 0 Å². The summed E-state index contributed by atoms with van der Waals surface area (Å²) >= 11 is 0. The monoisotopic (exact) mass is 331 g/mol. The smallest absolute Gasteiger partial charge is 0.289 e. The van der Waals surface area contributed by atoms with E-state index >= 15 is 0 Å². The van der Waals surface area contributed by atoms with Gasteiger partial charge >= 0.3 is 0 Å². The SMILES string of the molecule is CN(C)C(=O)c1ccc(CN2CC[C@H]3OCc4cnnn4[C@@H]3C2)o1. The third-order valence-electron chi connectivity index (χ3n) is 4.67. The van der Waals surface area contributed by atoms with Crippen molar-refractivity contribution in [1.82, 2.24) is 24.8 Å². The summed E-state index contributed by atoms with van der Waals surface area (Å²) in [6.07, 6.45) is 2.91.